The molecule has 1 aliphatic rings. The van der Waals surface area contributed by atoms with Crippen molar-refractivity contribution in [1.29, 1.82) is 0 Å². The van der Waals surface area contributed by atoms with Gasteiger partial charge >= 0.3 is 0 Å². The number of aliphatic hydroxyl groups excluding tert-OH is 1. The van der Waals surface area contributed by atoms with E-state index in [9.17, 15) is 9.90 Å². The lowest BCUT2D eigenvalue weighted by Crippen LogP contribution is -2.40. The van der Waals surface area contributed by atoms with Crippen LogP contribution in [0.5, 0.6) is 0 Å². The van der Waals surface area contributed by atoms with Crippen LogP contribution in [-0.4, -0.2) is 49.6 Å². The highest BCUT2D eigenvalue weighted by Crippen LogP contribution is 2.14. The Balaban J connectivity index is 1.73. The lowest BCUT2D eigenvalue weighted by molar-refractivity contribution is 0.0546. The maximum atomic E-state index is 12.3. The van der Waals surface area contributed by atoms with Gasteiger partial charge < -0.3 is 10.0 Å². The monoisotopic (exact) mass is 272 g/mol. The van der Waals surface area contributed by atoms with Gasteiger partial charge in [0, 0.05) is 31.7 Å². The molecule has 1 saturated heterocycles. The molecule has 2 aromatic rings. The average molecular weight is 272 g/mol. The van der Waals surface area contributed by atoms with Crippen molar-refractivity contribution in [1.82, 2.24) is 19.4 Å². The molecule has 1 N–H and O–H groups in total. The fourth-order valence-corrected chi connectivity index (χ4v) is 2.31. The van der Waals surface area contributed by atoms with Gasteiger partial charge in [0.2, 0.25) is 0 Å². The summed E-state index contributed by atoms with van der Waals surface area (Å²) >= 11 is 0. The molecule has 20 heavy (non-hydrogen) atoms. The number of nitrogens with zero attached hydrogens (tertiary/aromatic N) is 4. The highest BCUT2D eigenvalue weighted by molar-refractivity contribution is 5.94. The Morgan fingerprint density at radius 2 is 2.10 bits per heavy atom. The molecule has 0 aliphatic carbocycles. The van der Waals surface area contributed by atoms with Gasteiger partial charge in [-0.2, -0.15) is 0 Å². The predicted molar refractivity (Wildman–Crippen MR) is 72.5 cm³/mol. The van der Waals surface area contributed by atoms with E-state index in [0.717, 1.165) is 5.82 Å². The zero-order valence-electron chi connectivity index (χ0n) is 11.0. The maximum Gasteiger partial charge on any atom is 0.255 e. The van der Waals surface area contributed by atoms with E-state index >= 15 is 0 Å². The third-order valence-corrected chi connectivity index (χ3v) is 3.52. The molecule has 1 fully saturated rings. The van der Waals surface area contributed by atoms with Crippen molar-refractivity contribution in [3.05, 3.63) is 42.6 Å². The molecule has 3 heterocycles. The quantitative estimate of drug-likeness (QED) is 0.880. The van der Waals surface area contributed by atoms with Crippen LogP contribution in [0.3, 0.4) is 0 Å². The van der Waals surface area contributed by atoms with E-state index in [0.29, 0.717) is 31.5 Å². The predicted octanol–water partition coefficient (Wildman–Crippen LogP) is 0.864. The van der Waals surface area contributed by atoms with Crippen molar-refractivity contribution in [2.75, 3.05) is 13.1 Å². The molecule has 0 aromatic carbocycles. The highest BCUT2D eigenvalue weighted by Gasteiger charge is 2.22. The van der Waals surface area contributed by atoms with Gasteiger partial charge in [-0.1, -0.05) is 0 Å². The highest BCUT2D eigenvalue weighted by atomic mass is 16.3. The third-order valence-electron chi connectivity index (χ3n) is 3.52. The first kappa shape index (κ1) is 12.8. The number of hydrogen-bond donors (Lipinski definition) is 1. The molecule has 104 valence electrons. The second-order valence-corrected chi connectivity index (χ2v) is 4.90. The van der Waals surface area contributed by atoms with Crippen molar-refractivity contribution < 1.29 is 9.90 Å². The molecule has 0 radical (unpaired) electrons. The summed E-state index contributed by atoms with van der Waals surface area (Å²) in [5.74, 6) is 0.703. The number of pyridine rings is 1. The minimum atomic E-state index is -0.277. The van der Waals surface area contributed by atoms with Crippen molar-refractivity contribution in [2.24, 2.45) is 0 Å². The average Bonchev–Trinajstić information content (AvgIpc) is 3.02. The van der Waals surface area contributed by atoms with Gasteiger partial charge in [0.25, 0.3) is 5.91 Å². The molecule has 1 amide bonds. The molecule has 1 aliphatic heterocycles. The van der Waals surface area contributed by atoms with Crippen LogP contribution in [0.2, 0.25) is 0 Å². The van der Waals surface area contributed by atoms with Crippen LogP contribution in [0.25, 0.3) is 5.82 Å². The number of aliphatic hydroxyl groups is 1. The third kappa shape index (κ3) is 2.55. The first-order valence-corrected chi connectivity index (χ1v) is 6.66. The van der Waals surface area contributed by atoms with Crippen molar-refractivity contribution in [3.8, 4) is 5.82 Å². The summed E-state index contributed by atoms with van der Waals surface area (Å²) in [6, 6.07) is 3.57. The smallest absolute Gasteiger partial charge is 0.255 e. The molecule has 0 bridgehead atoms. The topological polar surface area (TPSA) is 71.2 Å². The van der Waals surface area contributed by atoms with Crippen LogP contribution in [0, 0.1) is 0 Å². The van der Waals surface area contributed by atoms with Gasteiger partial charge in [0.15, 0.2) is 0 Å². The largest absolute Gasteiger partial charge is 0.393 e. The van der Waals surface area contributed by atoms with E-state index in [-0.39, 0.29) is 12.0 Å². The normalized spacial score (nSPS) is 16.4. The number of carbonyl (C=O) groups excluding carboxylic acids is 1. The van der Waals surface area contributed by atoms with Crippen molar-refractivity contribution >= 4 is 5.91 Å². The number of likely N-dealkylation sites (tertiary alicyclic amines) is 1. The standard InChI is InChI=1S/C14H16N4O2/c19-12-3-6-17(7-4-12)14(20)11-1-2-13(16-9-11)18-8-5-15-10-18/h1-2,5,8-10,12,19H,3-4,6-7H2. The molecular formula is C14H16N4O2. The second kappa shape index (κ2) is 5.42. The van der Waals surface area contributed by atoms with Crippen molar-refractivity contribution in [2.45, 2.75) is 18.9 Å². The molecule has 0 unspecified atom stereocenters. The summed E-state index contributed by atoms with van der Waals surface area (Å²) in [4.78, 5) is 22.3. The summed E-state index contributed by atoms with van der Waals surface area (Å²) in [6.07, 6.45) is 7.74. The van der Waals surface area contributed by atoms with Gasteiger partial charge in [-0.3, -0.25) is 9.36 Å². The van der Waals surface area contributed by atoms with Crippen LogP contribution in [0.4, 0.5) is 0 Å². The number of hydrogen-bond acceptors (Lipinski definition) is 4. The summed E-state index contributed by atoms with van der Waals surface area (Å²) in [5, 5.41) is 9.46. The van der Waals surface area contributed by atoms with E-state index in [4.69, 9.17) is 0 Å². The van der Waals surface area contributed by atoms with E-state index in [1.54, 1.807) is 46.5 Å². The summed E-state index contributed by atoms with van der Waals surface area (Å²) in [6.45, 7) is 1.20. The van der Waals surface area contributed by atoms with Gasteiger partial charge in [0.1, 0.15) is 12.1 Å². The minimum Gasteiger partial charge on any atom is -0.393 e. The Morgan fingerprint density at radius 1 is 1.30 bits per heavy atom. The van der Waals surface area contributed by atoms with Gasteiger partial charge in [0.05, 0.1) is 11.7 Å². The van der Waals surface area contributed by atoms with Gasteiger partial charge in [-0.15, -0.1) is 0 Å². The Morgan fingerprint density at radius 3 is 2.70 bits per heavy atom. The van der Waals surface area contributed by atoms with Crippen LogP contribution in [0.15, 0.2) is 37.1 Å². The summed E-state index contributed by atoms with van der Waals surface area (Å²) in [7, 11) is 0. The Hall–Kier alpha value is -2.21. The number of imidazole rings is 1. The fraction of sp³-hybridized carbons (Fsp3) is 0.357. The maximum absolute atomic E-state index is 12.3. The number of amides is 1. The molecule has 6 heteroatoms. The molecule has 0 saturated carbocycles. The Kier molecular flexibility index (Phi) is 3.47. The SMILES string of the molecule is O=C(c1ccc(-n2ccnc2)nc1)N1CCC(O)CC1. The zero-order chi connectivity index (χ0) is 13.9. The van der Waals surface area contributed by atoms with E-state index in [1.807, 2.05) is 0 Å². The fourth-order valence-electron chi connectivity index (χ4n) is 2.31. The van der Waals surface area contributed by atoms with Crippen LogP contribution in [0.1, 0.15) is 23.2 Å². The van der Waals surface area contributed by atoms with E-state index in [2.05, 4.69) is 9.97 Å². The van der Waals surface area contributed by atoms with E-state index < -0.39 is 0 Å². The first-order valence-electron chi connectivity index (χ1n) is 6.66. The molecular weight excluding hydrogens is 256 g/mol. The molecule has 3 rings (SSSR count). The molecule has 0 atom stereocenters. The number of carbonyl (C=O) groups is 1. The van der Waals surface area contributed by atoms with Crippen molar-refractivity contribution in [3.63, 3.8) is 0 Å². The van der Waals surface area contributed by atoms with Gasteiger partial charge in [-0.25, -0.2) is 9.97 Å². The van der Waals surface area contributed by atoms with Crippen LogP contribution in [-0.2, 0) is 0 Å². The summed E-state index contributed by atoms with van der Waals surface area (Å²) < 4.78 is 1.78. The Labute approximate surface area is 116 Å². The summed E-state index contributed by atoms with van der Waals surface area (Å²) in [5.41, 5.74) is 0.574. The molecule has 6 nitrogen and oxygen atoms in total. The Bertz CT molecular complexity index is 572. The minimum absolute atomic E-state index is 0.0263. The van der Waals surface area contributed by atoms with E-state index in [1.165, 1.54) is 0 Å². The number of piperidine rings is 1. The number of rotatable bonds is 2. The van der Waals surface area contributed by atoms with Crippen LogP contribution < -0.4 is 0 Å². The second-order valence-electron chi connectivity index (χ2n) is 4.90. The zero-order valence-corrected chi connectivity index (χ0v) is 11.0. The lowest BCUT2D eigenvalue weighted by atomic mass is 10.1. The van der Waals surface area contributed by atoms with Crippen LogP contribution >= 0.6 is 0 Å². The first-order chi connectivity index (χ1) is 9.74. The molecule has 2 aromatic heterocycles. The van der Waals surface area contributed by atoms with Gasteiger partial charge in [-0.05, 0) is 25.0 Å². The number of aromatic nitrogens is 3. The lowest BCUT2D eigenvalue weighted by Gasteiger charge is -2.29. The molecule has 0 spiro atoms.